The minimum Gasteiger partial charge on any atom is -0.307 e. The summed E-state index contributed by atoms with van der Waals surface area (Å²) >= 11 is 0. The minimum absolute atomic E-state index is 0.265. The molecule has 1 nitrogen and oxygen atoms in total. The van der Waals surface area contributed by atoms with Crippen LogP contribution in [0.1, 0.15) is 37.9 Å². The van der Waals surface area contributed by atoms with E-state index in [4.69, 9.17) is 0 Å². The highest BCUT2D eigenvalue weighted by atomic mass is 15.1. The Labute approximate surface area is 80.2 Å². The first-order valence-electron chi connectivity index (χ1n) is 4.92. The molecule has 1 unspecified atom stereocenters. The van der Waals surface area contributed by atoms with Crippen molar-refractivity contribution < 1.29 is 0 Å². The molecule has 1 heterocycles. The van der Waals surface area contributed by atoms with Crippen LogP contribution in [0.3, 0.4) is 0 Å². The van der Waals surface area contributed by atoms with Crippen molar-refractivity contribution in [2.75, 3.05) is 6.54 Å². The minimum atomic E-state index is 0.265. The highest BCUT2D eigenvalue weighted by molar-refractivity contribution is 5.37. The van der Waals surface area contributed by atoms with E-state index in [9.17, 15) is 0 Å². The molecule has 0 bridgehead atoms. The van der Waals surface area contributed by atoms with Crippen molar-refractivity contribution in [3.63, 3.8) is 0 Å². The smallest absolute Gasteiger partial charge is 0.0450 e. The van der Waals surface area contributed by atoms with Crippen LogP contribution in [0.25, 0.3) is 0 Å². The van der Waals surface area contributed by atoms with Gasteiger partial charge in [-0.1, -0.05) is 45.0 Å². The average Bonchev–Trinajstić information content (AvgIpc) is 2.85. The standard InChI is InChI=1S/C12H17N/c1-12(2,3)10-7-5-4-6-9(10)11-8-13-11/h4-7,11,13H,8H2,1-3H3. The zero-order valence-electron chi connectivity index (χ0n) is 8.59. The third-order valence-corrected chi connectivity index (χ3v) is 2.55. The summed E-state index contributed by atoms with van der Waals surface area (Å²) in [4.78, 5) is 0. The third-order valence-electron chi connectivity index (χ3n) is 2.55. The fourth-order valence-corrected chi connectivity index (χ4v) is 1.76. The molecule has 1 aliphatic rings. The fourth-order valence-electron chi connectivity index (χ4n) is 1.76. The van der Waals surface area contributed by atoms with Gasteiger partial charge in [-0.3, -0.25) is 0 Å². The molecule has 0 aliphatic carbocycles. The zero-order valence-corrected chi connectivity index (χ0v) is 8.59. The van der Waals surface area contributed by atoms with Gasteiger partial charge in [-0.2, -0.15) is 0 Å². The van der Waals surface area contributed by atoms with Gasteiger partial charge in [-0.05, 0) is 16.5 Å². The van der Waals surface area contributed by atoms with Gasteiger partial charge in [0.1, 0.15) is 0 Å². The van der Waals surface area contributed by atoms with Gasteiger partial charge < -0.3 is 5.32 Å². The lowest BCUT2D eigenvalue weighted by molar-refractivity contribution is 0.582. The van der Waals surface area contributed by atoms with Crippen molar-refractivity contribution in [2.45, 2.75) is 32.2 Å². The van der Waals surface area contributed by atoms with E-state index in [1.54, 1.807) is 0 Å². The van der Waals surface area contributed by atoms with E-state index in [0.717, 1.165) is 6.54 Å². The Hall–Kier alpha value is -0.820. The molecule has 1 heteroatoms. The molecule has 13 heavy (non-hydrogen) atoms. The number of hydrogen-bond acceptors (Lipinski definition) is 1. The summed E-state index contributed by atoms with van der Waals surface area (Å²) in [6.45, 7) is 7.96. The summed E-state index contributed by atoms with van der Waals surface area (Å²) in [5.41, 5.74) is 3.22. The molecule has 1 fully saturated rings. The maximum Gasteiger partial charge on any atom is 0.0450 e. The average molecular weight is 175 g/mol. The lowest BCUT2D eigenvalue weighted by Gasteiger charge is -2.22. The van der Waals surface area contributed by atoms with E-state index in [-0.39, 0.29) is 5.41 Å². The number of nitrogens with one attached hydrogen (secondary N) is 1. The Morgan fingerprint density at radius 3 is 2.38 bits per heavy atom. The first-order valence-corrected chi connectivity index (χ1v) is 4.92. The van der Waals surface area contributed by atoms with Gasteiger partial charge in [-0.15, -0.1) is 0 Å². The van der Waals surface area contributed by atoms with Crippen LogP contribution in [0, 0.1) is 0 Å². The van der Waals surface area contributed by atoms with E-state index in [0.29, 0.717) is 6.04 Å². The van der Waals surface area contributed by atoms with Crippen LogP contribution < -0.4 is 5.32 Å². The predicted octanol–water partition coefficient (Wildman–Crippen LogP) is 2.63. The summed E-state index contributed by atoms with van der Waals surface area (Å²) in [5, 5.41) is 3.36. The SMILES string of the molecule is CC(C)(C)c1ccccc1C1CN1. The Balaban J connectivity index is 2.43. The predicted molar refractivity (Wildman–Crippen MR) is 55.9 cm³/mol. The van der Waals surface area contributed by atoms with E-state index in [1.165, 1.54) is 11.1 Å². The summed E-state index contributed by atoms with van der Waals surface area (Å²) < 4.78 is 0. The molecule has 0 radical (unpaired) electrons. The van der Waals surface area contributed by atoms with E-state index >= 15 is 0 Å². The van der Waals surface area contributed by atoms with Gasteiger partial charge in [-0.25, -0.2) is 0 Å². The van der Waals surface area contributed by atoms with Crippen molar-refractivity contribution in [1.82, 2.24) is 5.32 Å². The number of rotatable bonds is 1. The zero-order chi connectivity index (χ0) is 9.47. The van der Waals surface area contributed by atoms with Crippen molar-refractivity contribution in [3.8, 4) is 0 Å². The van der Waals surface area contributed by atoms with Crippen LogP contribution in [0.2, 0.25) is 0 Å². The first-order chi connectivity index (χ1) is 6.09. The van der Waals surface area contributed by atoms with Crippen LogP contribution in [0.5, 0.6) is 0 Å². The highest BCUT2D eigenvalue weighted by Crippen LogP contribution is 2.32. The molecule has 0 aromatic heterocycles. The molecule has 1 saturated heterocycles. The third kappa shape index (κ3) is 1.75. The van der Waals surface area contributed by atoms with Gasteiger partial charge in [0.05, 0.1) is 0 Å². The second-order valence-corrected chi connectivity index (χ2v) is 4.80. The molecule has 1 N–H and O–H groups in total. The maximum absolute atomic E-state index is 3.36. The molecule has 1 aromatic carbocycles. The van der Waals surface area contributed by atoms with Crippen LogP contribution >= 0.6 is 0 Å². The lowest BCUT2D eigenvalue weighted by atomic mass is 9.83. The van der Waals surface area contributed by atoms with Crippen molar-refractivity contribution in [3.05, 3.63) is 35.4 Å². The second-order valence-electron chi connectivity index (χ2n) is 4.80. The molecule has 1 aliphatic heterocycles. The summed E-state index contributed by atoms with van der Waals surface area (Å²) in [6, 6.07) is 9.37. The maximum atomic E-state index is 3.36. The lowest BCUT2D eigenvalue weighted by Crippen LogP contribution is -2.14. The van der Waals surface area contributed by atoms with Crippen LogP contribution in [0.15, 0.2) is 24.3 Å². The van der Waals surface area contributed by atoms with Crippen molar-refractivity contribution >= 4 is 0 Å². The molecule has 0 spiro atoms. The molecule has 0 amide bonds. The molecule has 1 atom stereocenters. The van der Waals surface area contributed by atoms with E-state index in [2.05, 4.69) is 50.4 Å². The Bertz CT molecular complexity index is 305. The van der Waals surface area contributed by atoms with Crippen LogP contribution in [0.4, 0.5) is 0 Å². The van der Waals surface area contributed by atoms with E-state index in [1.807, 2.05) is 0 Å². The van der Waals surface area contributed by atoms with Crippen molar-refractivity contribution in [2.24, 2.45) is 0 Å². The largest absolute Gasteiger partial charge is 0.307 e. The Kier molecular flexibility index (Phi) is 1.92. The number of hydrogen-bond donors (Lipinski definition) is 1. The first kappa shape index (κ1) is 8.76. The molecule has 70 valence electrons. The fraction of sp³-hybridized carbons (Fsp3) is 0.500. The summed E-state index contributed by atoms with van der Waals surface area (Å²) in [5.74, 6) is 0. The highest BCUT2D eigenvalue weighted by Gasteiger charge is 2.28. The Morgan fingerprint density at radius 1 is 1.23 bits per heavy atom. The van der Waals surface area contributed by atoms with Crippen molar-refractivity contribution in [1.29, 1.82) is 0 Å². The molecule has 0 saturated carbocycles. The van der Waals surface area contributed by atoms with Gasteiger partial charge in [0, 0.05) is 12.6 Å². The number of benzene rings is 1. The van der Waals surface area contributed by atoms with E-state index < -0.39 is 0 Å². The molecule has 2 rings (SSSR count). The van der Waals surface area contributed by atoms with Gasteiger partial charge in [0.25, 0.3) is 0 Å². The Morgan fingerprint density at radius 2 is 1.85 bits per heavy atom. The summed E-state index contributed by atoms with van der Waals surface area (Å²) in [7, 11) is 0. The van der Waals surface area contributed by atoms with Crippen LogP contribution in [-0.4, -0.2) is 6.54 Å². The molecular weight excluding hydrogens is 158 g/mol. The van der Waals surface area contributed by atoms with Gasteiger partial charge >= 0.3 is 0 Å². The second kappa shape index (κ2) is 2.85. The monoisotopic (exact) mass is 175 g/mol. The normalized spacial score (nSPS) is 21.6. The van der Waals surface area contributed by atoms with Crippen LogP contribution in [-0.2, 0) is 5.41 Å². The summed E-state index contributed by atoms with van der Waals surface area (Å²) in [6.07, 6.45) is 0. The quantitative estimate of drug-likeness (QED) is 0.651. The topological polar surface area (TPSA) is 21.9 Å². The van der Waals surface area contributed by atoms with Gasteiger partial charge in [0.15, 0.2) is 0 Å². The van der Waals surface area contributed by atoms with Gasteiger partial charge in [0.2, 0.25) is 0 Å². The molecule has 1 aromatic rings. The molecular formula is C12H17N.